The highest BCUT2D eigenvalue weighted by Gasteiger charge is 2.25. The summed E-state index contributed by atoms with van der Waals surface area (Å²) in [6, 6.07) is 3.02. The zero-order valence-corrected chi connectivity index (χ0v) is 12.8. The van der Waals surface area contributed by atoms with Crippen molar-refractivity contribution in [1.82, 2.24) is 15.1 Å². The smallest absolute Gasteiger partial charge is 0.0596 e. The third-order valence-corrected chi connectivity index (χ3v) is 4.31. The van der Waals surface area contributed by atoms with Gasteiger partial charge in [-0.25, -0.2) is 0 Å². The normalized spacial score (nSPS) is 21.2. The lowest BCUT2D eigenvalue weighted by atomic mass is 9.94. The standard InChI is InChI=1S/C14H23N3.C2H6/c1-11-10-14(12-6-8-15-9-7-12)17(16-11)13-4-2-3-5-13;1-2/h10,12-13,15H,2-9H2,1H3;1-2H3. The fourth-order valence-electron chi connectivity index (χ4n) is 3.40. The summed E-state index contributed by atoms with van der Waals surface area (Å²) in [6.45, 7) is 8.47. The highest BCUT2D eigenvalue weighted by atomic mass is 15.3. The number of aryl methyl sites for hydroxylation is 1. The average Bonchev–Trinajstić information content (AvgIpc) is 3.11. The van der Waals surface area contributed by atoms with Gasteiger partial charge in [0.15, 0.2) is 0 Å². The Kier molecular flexibility index (Phi) is 5.44. The molecular weight excluding hydrogens is 234 g/mol. The molecule has 3 heteroatoms. The molecule has 3 nitrogen and oxygen atoms in total. The molecule has 19 heavy (non-hydrogen) atoms. The van der Waals surface area contributed by atoms with E-state index in [4.69, 9.17) is 5.10 Å². The van der Waals surface area contributed by atoms with Gasteiger partial charge in [0.25, 0.3) is 0 Å². The third kappa shape index (κ3) is 3.38. The molecule has 2 aliphatic rings. The van der Waals surface area contributed by atoms with Crippen molar-refractivity contribution in [2.24, 2.45) is 0 Å². The maximum Gasteiger partial charge on any atom is 0.0596 e. The summed E-state index contributed by atoms with van der Waals surface area (Å²) in [7, 11) is 0. The maximum absolute atomic E-state index is 4.76. The van der Waals surface area contributed by atoms with Gasteiger partial charge in [0.2, 0.25) is 0 Å². The lowest BCUT2D eigenvalue weighted by Gasteiger charge is -2.25. The minimum Gasteiger partial charge on any atom is -0.317 e. The number of rotatable bonds is 2. The molecule has 0 spiro atoms. The van der Waals surface area contributed by atoms with E-state index in [1.807, 2.05) is 13.8 Å². The van der Waals surface area contributed by atoms with Crippen LogP contribution in [0.15, 0.2) is 6.07 Å². The second-order valence-corrected chi connectivity index (χ2v) is 5.62. The molecule has 1 aliphatic carbocycles. The van der Waals surface area contributed by atoms with E-state index < -0.39 is 0 Å². The lowest BCUT2D eigenvalue weighted by molar-refractivity contribution is 0.392. The zero-order valence-electron chi connectivity index (χ0n) is 12.8. The summed E-state index contributed by atoms with van der Waals surface area (Å²) in [6.07, 6.45) is 7.98. The van der Waals surface area contributed by atoms with Crippen LogP contribution in [0.2, 0.25) is 0 Å². The zero-order chi connectivity index (χ0) is 13.7. The van der Waals surface area contributed by atoms with E-state index in [2.05, 4.69) is 23.0 Å². The van der Waals surface area contributed by atoms with Gasteiger partial charge >= 0.3 is 0 Å². The summed E-state index contributed by atoms with van der Waals surface area (Å²) in [5.74, 6) is 0.734. The Balaban J connectivity index is 0.000000637. The van der Waals surface area contributed by atoms with Gasteiger partial charge in [0, 0.05) is 11.6 Å². The van der Waals surface area contributed by atoms with Crippen molar-refractivity contribution in [3.8, 4) is 0 Å². The SMILES string of the molecule is CC.Cc1cc(C2CCNCC2)n(C2CCCC2)n1. The average molecular weight is 263 g/mol. The van der Waals surface area contributed by atoms with Crippen molar-refractivity contribution in [2.75, 3.05) is 13.1 Å². The van der Waals surface area contributed by atoms with Crippen LogP contribution >= 0.6 is 0 Å². The van der Waals surface area contributed by atoms with Gasteiger partial charge in [-0.1, -0.05) is 26.7 Å². The number of hydrogen-bond acceptors (Lipinski definition) is 2. The molecule has 1 saturated carbocycles. The number of hydrogen-bond donors (Lipinski definition) is 1. The van der Waals surface area contributed by atoms with E-state index in [0.29, 0.717) is 6.04 Å². The molecule has 108 valence electrons. The first-order valence-electron chi connectivity index (χ1n) is 8.11. The summed E-state index contributed by atoms with van der Waals surface area (Å²) in [5, 5.41) is 8.21. The third-order valence-electron chi connectivity index (χ3n) is 4.31. The van der Waals surface area contributed by atoms with E-state index >= 15 is 0 Å². The predicted molar refractivity (Wildman–Crippen MR) is 80.7 cm³/mol. The van der Waals surface area contributed by atoms with Gasteiger partial charge < -0.3 is 5.32 Å². The van der Waals surface area contributed by atoms with Crippen LogP contribution in [0, 0.1) is 6.92 Å². The number of aromatic nitrogens is 2. The largest absolute Gasteiger partial charge is 0.317 e. The molecule has 0 radical (unpaired) electrons. The molecule has 1 aliphatic heterocycles. The van der Waals surface area contributed by atoms with Crippen LogP contribution in [0.25, 0.3) is 0 Å². The Hall–Kier alpha value is -0.830. The van der Waals surface area contributed by atoms with Crippen LogP contribution in [0.3, 0.4) is 0 Å². The second-order valence-electron chi connectivity index (χ2n) is 5.62. The number of piperidine rings is 1. The first kappa shape index (κ1) is 14.6. The predicted octanol–water partition coefficient (Wildman–Crippen LogP) is 3.80. The molecule has 1 N–H and O–H groups in total. The molecule has 2 fully saturated rings. The Labute approximate surface area is 117 Å². The van der Waals surface area contributed by atoms with Crippen molar-refractivity contribution in [3.63, 3.8) is 0 Å². The van der Waals surface area contributed by atoms with Gasteiger partial charge in [0.05, 0.1) is 11.7 Å². The van der Waals surface area contributed by atoms with Crippen LogP contribution in [-0.2, 0) is 0 Å². The number of nitrogens with zero attached hydrogens (tertiary/aromatic N) is 2. The van der Waals surface area contributed by atoms with E-state index in [0.717, 1.165) is 5.92 Å². The molecule has 0 bridgehead atoms. The van der Waals surface area contributed by atoms with Gasteiger partial charge in [-0.2, -0.15) is 5.10 Å². The van der Waals surface area contributed by atoms with Crippen molar-refractivity contribution >= 4 is 0 Å². The molecule has 0 aromatic carbocycles. The summed E-state index contributed by atoms with van der Waals surface area (Å²) in [5.41, 5.74) is 2.71. The van der Waals surface area contributed by atoms with Crippen LogP contribution in [-0.4, -0.2) is 22.9 Å². The first-order chi connectivity index (χ1) is 9.34. The van der Waals surface area contributed by atoms with Crippen molar-refractivity contribution in [2.45, 2.75) is 71.3 Å². The van der Waals surface area contributed by atoms with Crippen LogP contribution in [0.4, 0.5) is 0 Å². The van der Waals surface area contributed by atoms with Crippen LogP contribution in [0.5, 0.6) is 0 Å². The molecule has 1 aromatic rings. The van der Waals surface area contributed by atoms with Gasteiger partial charge in [-0.05, 0) is 51.8 Å². The van der Waals surface area contributed by atoms with Crippen LogP contribution in [0.1, 0.15) is 75.7 Å². The van der Waals surface area contributed by atoms with Crippen LogP contribution < -0.4 is 5.32 Å². The fourth-order valence-corrected chi connectivity index (χ4v) is 3.40. The van der Waals surface area contributed by atoms with Gasteiger partial charge in [-0.3, -0.25) is 4.68 Å². The highest BCUT2D eigenvalue weighted by molar-refractivity contribution is 5.16. The van der Waals surface area contributed by atoms with E-state index in [-0.39, 0.29) is 0 Å². The molecule has 1 aromatic heterocycles. The molecular formula is C16H29N3. The van der Waals surface area contributed by atoms with E-state index in [1.54, 1.807) is 0 Å². The highest BCUT2D eigenvalue weighted by Crippen LogP contribution is 2.34. The summed E-state index contributed by atoms with van der Waals surface area (Å²) in [4.78, 5) is 0. The van der Waals surface area contributed by atoms with Gasteiger partial charge in [-0.15, -0.1) is 0 Å². The minimum atomic E-state index is 0.689. The molecule has 1 saturated heterocycles. The van der Waals surface area contributed by atoms with Crippen molar-refractivity contribution in [1.29, 1.82) is 0 Å². The molecule has 3 rings (SSSR count). The van der Waals surface area contributed by atoms with E-state index in [9.17, 15) is 0 Å². The Morgan fingerprint density at radius 2 is 1.74 bits per heavy atom. The first-order valence-corrected chi connectivity index (χ1v) is 8.11. The lowest BCUT2D eigenvalue weighted by Crippen LogP contribution is -2.28. The molecule has 0 amide bonds. The van der Waals surface area contributed by atoms with Crippen molar-refractivity contribution in [3.05, 3.63) is 17.5 Å². The second kappa shape index (κ2) is 7.09. The topological polar surface area (TPSA) is 29.9 Å². The Morgan fingerprint density at radius 1 is 1.11 bits per heavy atom. The minimum absolute atomic E-state index is 0.689. The molecule has 0 unspecified atom stereocenters. The van der Waals surface area contributed by atoms with Gasteiger partial charge in [0.1, 0.15) is 0 Å². The Bertz CT molecular complexity index is 371. The molecule has 2 heterocycles. The number of nitrogens with one attached hydrogen (secondary N) is 1. The monoisotopic (exact) mass is 263 g/mol. The van der Waals surface area contributed by atoms with Crippen molar-refractivity contribution < 1.29 is 0 Å². The quantitative estimate of drug-likeness (QED) is 0.879. The summed E-state index contributed by atoms with van der Waals surface area (Å²) < 4.78 is 2.37. The van der Waals surface area contributed by atoms with E-state index in [1.165, 1.54) is 63.0 Å². The maximum atomic E-state index is 4.76. The Morgan fingerprint density at radius 3 is 2.37 bits per heavy atom. The summed E-state index contributed by atoms with van der Waals surface area (Å²) >= 11 is 0. The molecule has 0 atom stereocenters. The fraction of sp³-hybridized carbons (Fsp3) is 0.812.